The maximum absolute atomic E-state index is 12.5. The number of amides is 1. The lowest BCUT2D eigenvalue weighted by molar-refractivity contribution is -0.124. The highest BCUT2D eigenvalue weighted by atomic mass is 16.5. The van der Waals surface area contributed by atoms with Gasteiger partial charge in [-0.1, -0.05) is 39.0 Å². The summed E-state index contributed by atoms with van der Waals surface area (Å²) in [6.45, 7) is 7.34. The van der Waals surface area contributed by atoms with Crippen LogP contribution in [-0.2, 0) is 4.79 Å². The molecular formula is C16H24N2O2. The molecule has 2 rings (SSSR count). The maximum atomic E-state index is 12.5. The predicted molar refractivity (Wildman–Crippen MR) is 79.7 cm³/mol. The number of carbonyl (C=O) groups is 1. The molecule has 0 saturated heterocycles. The molecule has 0 aliphatic carbocycles. The molecule has 1 heterocycles. The van der Waals surface area contributed by atoms with Crippen molar-refractivity contribution in [2.75, 3.05) is 13.2 Å². The molecule has 4 heteroatoms. The van der Waals surface area contributed by atoms with E-state index < -0.39 is 0 Å². The van der Waals surface area contributed by atoms with E-state index in [4.69, 9.17) is 10.5 Å². The van der Waals surface area contributed by atoms with Crippen LogP contribution >= 0.6 is 0 Å². The lowest BCUT2D eigenvalue weighted by Crippen LogP contribution is -2.46. The topological polar surface area (TPSA) is 64.3 Å². The van der Waals surface area contributed by atoms with Gasteiger partial charge in [-0.25, -0.2) is 0 Å². The highest BCUT2D eigenvalue weighted by Gasteiger charge is 2.33. The number of hydrogen-bond donors (Lipinski definition) is 2. The Labute approximate surface area is 120 Å². The van der Waals surface area contributed by atoms with Gasteiger partial charge in [-0.3, -0.25) is 4.79 Å². The number of hydrogen-bond acceptors (Lipinski definition) is 3. The Kier molecular flexibility index (Phi) is 4.33. The van der Waals surface area contributed by atoms with Crippen LogP contribution in [0.5, 0.6) is 5.75 Å². The molecule has 0 spiro atoms. The van der Waals surface area contributed by atoms with Gasteiger partial charge in [0.1, 0.15) is 18.3 Å². The second-order valence-electron chi connectivity index (χ2n) is 6.41. The molecule has 1 amide bonds. The van der Waals surface area contributed by atoms with Crippen molar-refractivity contribution in [1.29, 1.82) is 0 Å². The van der Waals surface area contributed by atoms with Gasteiger partial charge in [0.25, 0.3) is 0 Å². The Morgan fingerprint density at radius 1 is 1.45 bits per heavy atom. The second kappa shape index (κ2) is 5.83. The van der Waals surface area contributed by atoms with Crippen molar-refractivity contribution in [1.82, 2.24) is 5.32 Å². The largest absolute Gasteiger partial charge is 0.492 e. The van der Waals surface area contributed by atoms with Crippen molar-refractivity contribution >= 4 is 5.91 Å². The van der Waals surface area contributed by atoms with Crippen molar-refractivity contribution in [2.45, 2.75) is 39.2 Å². The van der Waals surface area contributed by atoms with Gasteiger partial charge in [-0.05, 0) is 24.4 Å². The standard InChI is InChI=1S/C16H24N2O2/c1-16(2,3)14(8-9-17)18-15(19)12-10-20-13-7-5-4-6-11(12)13/h4-7,12,14H,8-10,17H2,1-3H3,(H,18,19). The van der Waals surface area contributed by atoms with Crippen LogP contribution in [0.25, 0.3) is 0 Å². The minimum Gasteiger partial charge on any atom is -0.492 e. The van der Waals surface area contributed by atoms with Gasteiger partial charge in [0.05, 0.1) is 0 Å². The van der Waals surface area contributed by atoms with Crippen molar-refractivity contribution in [3.05, 3.63) is 29.8 Å². The molecule has 2 unspecified atom stereocenters. The van der Waals surface area contributed by atoms with Crippen molar-refractivity contribution in [3.63, 3.8) is 0 Å². The lowest BCUT2D eigenvalue weighted by atomic mass is 9.84. The second-order valence-corrected chi connectivity index (χ2v) is 6.41. The molecule has 0 saturated carbocycles. The number of rotatable bonds is 4. The first-order chi connectivity index (χ1) is 9.43. The third kappa shape index (κ3) is 3.12. The van der Waals surface area contributed by atoms with Gasteiger partial charge in [0, 0.05) is 11.6 Å². The van der Waals surface area contributed by atoms with E-state index in [1.807, 2.05) is 24.3 Å². The van der Waals surface area contributed by atoms with Gasteiger partial charge < -0.3 is 15.8 Å². The van der Waals surface area contributed by atoms with E-state index in [0.29, 0.717) is 13.2 Å². The summed E-state index contributed by atoms with van der Waals surface area (Å²) in [5.41, 5.74) is 6.63. The molecule has 3 N–H and O–H groups in total. The number of fused-ring (bicyclic) bond motifs is 1. The molecule has 1 aromatic rings. The fourth-order valence-electron chi connectivity index (χ4n) is 2.54. The minimum absolute atomic E-state index is 0.00594. The average molecular weight is 276 g/mol. The molecule has 0 radical (unpaired) electrons. The number of nitrogens with two attached hydrogens (primary N) is 1. The number of carbonyl (C=O) groups excluding carboxylic acids is 1. The van der Waals surface area contributed by atoms with Gasteiger partial charge >= 0.3 is 0 Å². The Morgan fingerprint density at radius 2 is 2.15 bits per heavy atom. The molecule has 0 bridgehead atoms. The molecule has 1 aliphatic heterocycles. The molecular weight excluding hydrogens is 252 g/mol. The van der Waals surface area contributed by atoms with E-state index >= 15 is 0 Å². The maximum Gasteiger partial charge on any atom is 0.231 e. The van der Waals surface area contributed by atoms with Crippen LogP contribution in [0.4, 0.5) is 0 Å². The SMILES string of the molecule is CC(C)(C)C(CCN)NC(=O)C1COc2ccccc21. The summed E-state index contributed by atoms with van der Waals surface area (Å²) >= 11 is 0. The van der Waals surface area contributed by atoms with Gasteiger partial charge in [-0.2, -0.15) is 0 Å². The van der Waals surface area contributed by atoms with Crippen LogP contribution < -0.4 is 15.8 Å². The molecule has 4 nitrogen and oxygen atoms in total. The highest BCUT2D eigenvalue weighted by molar-refractivity contribution is 5.85. The molecule has 110 valence electrons. The Balaban J connectivity index is 2.09. The third-order valence-electron chi connectivity index (χ3n) is 3.83. The number of benzene rings is 1. The summed E-state index contributed by atoms with van der Waals surface area (Å²) < 4.78 is 5.57. The summed E-state index contributed by atoms with van der Waals surface area (Å²) in [5, 5.41) is 3.14. The molecule has 1 aromatic carbocycles. The van der Waals surface area contributed by atoms with E-state index in [1.165, 1.54) is 0 Å². The zero-order chi connectivity index (χ0) is 14.8. The summed E-state index contributed by atoms with van der Waals surface area (Å²) in [6.07, 6.45) is 0.782. The normalized spacial score (nSPS) is 19.1. The van der Waals surface area contributed by atoms with E-state index in [1.54, 1.807) is 0 Å². The van der Waals surface area contributed by atoms with Crippen molar-refractivity contribution in [3.8, 4) is 5.75 Å². The Morgan fingerprint density at radius 3 is 2.80 bits per heavy atom. The summed E-state index contributed by atoms with van der Waals surface area (Å²) in [4.78, 5) is 12.5. The molecule has 20 heavy (non-hydrogen) atoms. The zero-order valence-corrected chi connectivity index (χ0v) is 12.5. The predicted octanol–water partition coefficient (Wildman–Crippen LogP) is 2.04. The van der Waals surface area contributed by atoms with Gasteiger partial charge in [0.15, 0.2) is 0 Å². The third-order valence-corrected chi connectivity index (χ3v) is 3.83. The first kappa shape index (κ1) is 14.9. The quantitative estimate of drug-likeness (QED) is 0.884. The monoisotopic (exact) mass is 276 g/mol. The Hall–Kier alpha value is -1.55. The van der Waals surface area contributed by atoms with Crippen molar-refractivity contribution < 1.29 is 9.53 Å². The van der Waals surface area contributed by atoms with Crippen LogP contribution in [0.3, 0.4) is 0 Å². The van der Waals surface area contributed by atoms with E-state index in [2.05, 4.69) is 26.1 Å². The first-order valence-electron chi connectivity index (χ1n) is 7.15. The average Bonchev–Trinajstić information content (AvgIpc) is 2.81. The number of para-hydroxylation sites is 1. The molecule has 0 fully saturated rings. The smallest absolute Gasteiger partial charge is 0.231 e. The van der Waals surface area contributed by atoms with Crippen LogP contribution in [-0.4, -0.2) is 25.1 Å². The van der Waals surface area contributed by atoms with E-state index in [0.717, 1.165) is 17.7 Å². The number of ether oxygens (including phenoxy) is 1. The fourth-order valence-corrected chi connectivity index (χ4v) is 2.54. The number of nitrogens with one attached hydrogen (secondary N) is 1. The van der Waals surface area contributed by atoms with E-state index in [-0.39, 0.29) is 23.3 Å². The zero-order valence-electron chi connectivity index (χ0n) is 12.5. The highest BCUT2D eigenvalue weighted by Crippen LogP contribution is 2.34. The lowest BCUT2D eigenvalue weighted by Gasteiger charge is -2.32. The summed E-state index contributed by atoms with van der Waals surface area (Å²) in [7, 11) is 0. The van der Waals surface area contributed by atoms with Crippen LogP contribution in [0.1, 0.15) is 38.7 Å². The molecule has 2 atom stereocenters. The van der Waals surface area contributed by atoms with Crippen LogP contribution in [0.15, 0.2) is 24.3 Å². The fraction of sp³-hybridized carbons (Fsp3) is 0.562. The molecule has 1 aliphatic rings. The van der Waals surface area contributed by atoms with Crippen molar-refractivity contribution in [2.24, 2.45) is 11.1 Å². The Bertz CT molecular complexity index is 480. The van der Waals surface area contributed by atoms with Gasteiger partial charge in [0.2, 0.25) is 5.91 Å². The summed E-state index contributed by atoms with van der Waals surface area (Å²) in [5.74, 6) is 0.635. The molecule has 0 aromatic heterocycles. The van der Waals surface area contributed by atoms with Crippen LogP contribution in [0.2, 0.25) is 0 Å². The van der Waals surface area contributed by atoms with E-state index in [9.17, 15) is 4.79 Å². The first-order valence-corrected chi connectivity index (χ1v) is 7.15. The van der Waals surface area contributed by atoms with Gasteiger partial charge in [-0.15, -0.1) is 0 Å². The minimum atomic E-state index is -0.214. The summed E-state index contributed by atoms with van der Waals surface area (Å²) in [6, 6.07) is 7.80. The van der Waals surface area contributed by atoms with Crippen LogP contribution in [0, 0.1) is 5.41 Å².